The van der Waals surface area contributed by atoms with E-state index in [0.717, 1.165) is 17.7 Å². The molecule has 0 spiro atoms. The van der Waals surface area contributed by atoms with Gasteiger partial charge < -0.3 is 50.2 Å². The molecular weight excluding hydrogens is 887 g/mol. The van der Waals surface area contributed by atoms with E-state index in [1.165, 1.54) is 12.0 Å². The van der Waals surface area contributed by atoms with Gasteiger partial charge in [0.25, 0.3) is 11.7 Å². The van der Waals surface area contributed by atoms with Crippen molar-refractivity contribution in [1.29, 1.82) is 0 Å². The topological polar surface area (TPSA) is 207 Å². The molecule has 1 aromatic rings. The monoisotopic (exact) mass is 968 g/mol. The molecule has 3 fully saturated rings. The molecule has 4 aliphatic rings. The number of nitrogens with one attached hydrogen (secondary N) is 1. The Kier molecular flexibility index (Phi) is 21.2. The minimum Gasteiger partial charge on any atom is -0.461 e. The number of carbonyl (C=O) groups excluding carboxylic acids is 4. The van der Waals surface area contributed by atoms with Crippen molar-refractivity contribution in [3.63, 3.8) is 0 Å². The van der Waals surface area contributed by atoms with E-state index in [9.17, 15) is 34.5 Å². The Bertz CT molecular complexity index is 1940. The molecule has 0 radical (unpaired) electrons. The first-order valence-corrected chi connectivity index (χ1v) is 26.0. The first-order valence-electron chi connectivity index (χ1n) is 25.0. The van der Waals surface area contributed by atoms with Gasteiger partial charge in [-0.05, 0) is 132 Å². The molecule has 68 heavy (non-hydrogen) atoms. The van der Waals surface area contributed by atoms with Crippen LogP contribution in [-0.4, -0.2) is 125 Å². The van der Waals surface area contributed by atoms with Crippen LogP contribution in [0.5, 0.6) is 0 Å². The number of hydrogen-bond acceptors (Lipinski definition) is 14. The summed E-state index contributed by atoms with van der Waals surface area (Å²) < 4.78 is 23.9. The fourth-order valence-electron chi connectivity index (χ4n) is 10.6. The molecule has 380 valence electrons. The van der Waals surface area contributed by atoms with E-state index in [4.69, 9.17) is 24.7 Å². The Morgan fingerprint density at radius 1 is 0.926 bits per heavy atom. The number of thiophene rings is 1. The predicted molar refractivity (Wildman–Crippen MR) is 264 cm³/mol. The second-order valence-corrected chi connectivity index (χ2v) is 21.1. The molecule has 0 aromatic carbocycles. The molecule has 3 aliphatic heterocycles. The van der Waals surface area contributed by atoms with Crippen LogP contribution in [0.4, 0.5) is 5.69 Å². The minimum atomic E-state index is -2.40. The lowest BCUT2D eigenvalue weighted by atomic mass is 9.78. The number of cyclic esters (lactones) is 1. The van der Waals surface area contributed by atoms with Gasteiger partial charge in [-0.15, -0.1) is 0 Å². The highest BCUT2D eigenvalue weighted by Crippen LogP contribution is 2.38. The number of carbonyl (C=O) groups is 4. The number of esters is 1. The van der Waals surface area contributed by atoms with Crippen LogP contribution >= 0.6 is 11.3 Å². The van der Waals surface area contributed by atoms with Crippen molar-refractivity contribution < 1.29 is 53.4 Å². The highest BCUT2D eigenvalue weighted by atomic mass is 32.1. The number of aliphatic hydroxyl groups is 3. The molecule has 14 nitrogen and oxygen atoms in total. The number of methoxy groups -OCH3 is 2. The summed E-state index contributed by atoms with van der Waals surface area (Å²) >= 11 is 1.56. The highest BCUT2D eigenvalue weighted by Gasteiger charge is 2.53. The average Bonchev–Trinajstić information content (AvgIpc) is 3.84. The highest BCUT2D eigenvalue weighted by molar-refractivity contribution is 7.08. The van der Waals surface area contributed by atoms with Crippen LogP contribution in [-0.2, 0) is 38.1 Å². The zero-order valence-electron chi connectivity index (χ0n) is 41.7. The maximum absolute atomic E-state index is 14.4. The van der Waals surface area contributed by atoms with Crippen LogP contribution in [0.15, 0.2) is 64.4 Å². The van der Waals surface area contributed by atoms with E-state index in [0.29, 0.717) is 76.2 Å². The number of rotatable bonds is 7. The van der Waals surface area contributed by atoms with Crippen molar-refractivity contribution in [3.8, 4) is 0 Å². The standard InChI is InChI=1S/C53H81N3O11S/c1-32-14-10-9-11-15-33(2)42(55-40-23-25-68-31-40)30-41-20-17-37(6)53(63,67-41)50(60)51(61)56-24-13-12-16-43(56)52(62)66-45(34(3)27-38-18-21-44(57)46(29-38)64-7)22-19-39(54)28-36(5)48(59)49(65-8)47(58)35(4)26-32/h9-11,14-15,23,25,28,31-32,34-35,37-39,41-46,48-49,55,57,59,63H,12-13,16-22,24,26-27,29-30,54H2,1-8H3/b11-9+,14-10+,33-15+,36-28+/t32-,34-,35?,37?,38?,39+,41+,42-,43?,44-,45+,46?,48?,49+,53?/m1/s1. The summed E-state index contributed by atoms with van der Waals surface area (Å²) in [6, 6.07) is 0.111. The summed E-state index contributed by atoms with van der Waals surface area (Å²) in [4.78, 5) is 58.2. The van der Waals surface area contributed by atoms with Gasteiger partial charge in [0.05, 0.1) is 18.3 Å². The van der Waals surface area contributed by atoms with Crippen molar-refractivity contribution >= 4 is 40.5 Å². The molecule has 6 N–H and O–H groups in total. The quantitative estimate of drug-likeness (QED) is 0.104. The average molecular weight is 968 g/mol. The van der Waals surface area contributed by atoms with E-state index in [-0.39, 0.29) is 48.6 Å². The van der Waals surface area contributed by atoms with Crippen molar-refractivity contribution in [3.05, 3.63) is 64.4 Å². The van der Waals surface area contributed by atoms with Crippen LogP contribution in [0, 0.1) is 29.6 Å². The first-order chi connectivity index (χ1) is 32.4. The molecule has 1 aliphatic carbocycles. The summed E-state index contributed by atoms with van der Waals surface area (Å²) in [5.74, 6) is -6.29. The predicted octanol–water partition coefficient (Wildman–Crippen LogP) is 7.22. The Labute approximate surface area is 408 Å². The number of ether oxygens (including phenoxy) is 4. The number of allylic oxidation sites excluding steroid dienone is 5. The number of nitrogens with two attached hydrogens (primary N) is 1. The van der Waals surface area contributed by atoms with E-state index in [1.807, 2.05) is 74.9 Å². The second kappa shape index (κ2) is 26.1. The molecule has 4 heterocycles. The van der Waals surface area contributed by atoms with Crippen LogP contribution < -0.4 is 11.1 Å². The van der Waals surface area contributed by atoms with Gasteiger partial charge in [-0.3, -0.25) is 14.4 Å². The fraction of sp³-hybridized carbons (Fsp3) is 0.698. The van der Waals surface area contributed by atoms with Gasteiger partial charge in [0.15, 0.2) is 5.78 Å². The van der Waals surface area contributed by atoms with Crippen LogP contribution in [0.1, 0.15) is 125 Å². The van der Waals surface area contributed by atoms with E-state index in [2.05, 4.69) is 5.32 Å². The number of piperidine rings is 1. The van der Waals surface area contributed by atoms with Gasteiger partial charge in [-0.2, -0.15) is 11.3 Å². The van der Waals surface area contributed by atoms with Gasteiger partial charge in [0.1, 0.15) is 24.4 Å². The first kappa shape index (κ1) is 55.4. The number of amides is 1. The molecule has 1 saturated carbocycles. The van der Waals surface area contributed by atoms with E-state index >= 15 is 0 Å². The zero-order chi connectivity index (χ0) is 49.7. The third-order valence-electron chi connectivity index (χ3n) is 15.0. The second-order valence-electron chi connectivity index (χ2n) is 20.4. The summed E-state index contributed by atoms with van der Waals surface area (Å²) in [5, 5.41) is 41.7. The van der Waals surface area contributed by atoms with Gasteiger partial charge in [-0.25, -0.2) is 4.79 Å². The normalized spacial score (nSPS) is 39.1. The number of aliphatic hydroxyl groups excluding tert-OH is 2. The van der Waals surface area contributed by atoms with Crippen LogP contribution in [0.25, 0.3) is 0 Å². The summed E-state index contributed by atoms with van der Waals surface area (Å²) in [6.45, 7) is 11.5. The van der Waals surface area contributed by atoms with Crippen molar-refractivity contribution in [2.24, 2.45) is 35.3 Å². The molecule has 2 saturated heterocycles. The summed E-state index contributed by atoms with van der Waals surface area (Å²) in [6.07, 6.45) is 14.1. The minimum absolute atomic E-state index is 0.0444. The SMILES string of the molecule is COC1CC(C[C@@H](C)[C@@H]2CC[C@H](N)/C=C(\C)C(O)[C@@H](OC)C(=O)C(C)C[C@H](C)/C=C/C=C/C=C(\C)[C@H](Nc3ccsc3)C[C@@H]3CCC(C)C(O)(O3)C(=O)C(=O)N3CCCCC3C(=O)O2)CC[C@H]1O. The Morgan fingerprint density at radius 3 is 2.40 bits per heavy atom. The Balaban J connectivity index is 1.46. The number of ketones is 2. The smallest absolute Gasteiger partial charge is 0.329 e. The Morgan fingerprint density at radius 2 is 1.69 bits per heavy atom. The molecule has 2 bridgehead atoms. The molecule has 7 unspecified atom stereocenters. The Hall–Kier alpha value is -3.54. The van der Waals surface area contributed by atoms with Crippen LogP contribution in [0.2, 0.25) is 0 Å². The fourth-order valence-corrected chi connectivity index (χ4v) is 11.2. The van der Waals surface area contributed by atoms with Gasteiger partial charge in [0.2, 0.25) is 5.79 Å². The maximum atomic E-state index is 14.4. The van der Waals surface area contributed by atoms with Gasteiger partial charge in [0, 0.05) is 55.8 Å². The van der Waals surface area contributed by atoms with Crippen molar-refractivity contribution in [2.45, 2.75) is 186 Å². The third-order valence-corrected chi connectivity index (χ3v) is 15.6. The molecule has 1 aromatic heterocycles. The molecule has 15 atom stereocenters. The summed E-state index contributed by atoms with van der Waals surface area (Å²) in [5.41, 5.74) is 9.09. The number of fused-ring (bicyclic) bond motifs is 3. The molecular formula is C53H81N3O11S. The van der Waals surface area contributed by atoms with E-state index < -0.39 is 77.9 Å². The largest absolute Gasteiger partial charge is 0.461 e. The molecule has 1 amide bonds. The zero-order valence-corrected chi connectivity index (χ0v) is 42.5. The van der Waals surface area contributed by atoms with Crippen LogP contribution in [0.3, 0.4) is 0 Å². The number of hydrogen-bond donors (Lipinski definition) is 5. The molecule has 15 heteroatoms. The lowest BCUT2D eigenvalue weighted by Gasteiger charge is -2.43. The third kappa shape index (κ3) is 14.8. The molecule has 5 rings (SSSR count). The summed E-state index contributed by atoms with van der Waals surface area (Å²) in [7, 11) is 3.02. The van der Waals surface area contributed by atoms with Crippen molar-refractivity contribution in [2.75, 3.05) is 26.1 Å². The van der Waals surface area contributed by atoms with Gasteiger partial charge in [-0.1, -0.05) is 69.7 Å². The number of Topliss-reactive ketones (excluding diaryl/α,β-unsaturated/α-hetero) is 2. The lowest BCUT2D eigenvalue weighted by Crippen LogP contribution is -2.61. The van der Waals surface area contributed by atoms with Gasteiger partial charge >= 0.3 is 5.97 Å². The lowest BCUT2D eigenvalue weighted by molar-refractivity contribution is -0.263. The van der Waals surface area contributed by atoms with Crippen molar-refractivity contribution in [1.82, 2.24) is 4.90 Å². The maximum Gasteiger partial charge on any atom is 0.329 e. The van der Waals surface area contributed by atoms with E-state index in [1.54, 1.807) is 38.4 Å². The number of nitrogens with zero attached hydrogens (tertiary/aromatic N) is 1. The number of anilines is 1.